The number of hydrogen-bond acceptors (Lipinski definition) is 5. The van der Waals surface area contributed by atoms with Crippen LogP contribution in [0.4, 0.5) is 10.5 Å². The molecule has 4 rings (SSSR count). The van der Waals surface area contributed by atoms with Crippen molar-refractivity contribution in [3.63, 3.8) is 0 Å². The molecular weight excluding hydrogens is 412 g/mol. The zero-order valence-corrected chi connectivity index (χ0v) is 16.9. The number of amides is 1. The van der Waals surface area contributed by atoms with Crippen molar-refractivity contribution in [2.24, 2.45) is 5.73 Å². The third-order valence-corrected chi connectivity index (χ3v) is 4.73. The van der Waals surface area contributed by atoms with Crippen LogP contribution in [-0.2, 0) is 4.74 Å². The average Bonchev–Trinajstić information content (AvgIpc) is 3.02. The van der Waals surface area contributed by atoms with Gasteiger partial charge >= 0.3 is 6.09 Å². The van der Waals surface area contributed by atoms with Crippen molar-refractivity contribution < 1.29 is 19.1 Å². The number of Topliss-reactive ketones (excluding diaryl/α,β-unsaturated/α-hetero) is 1. The number of nitrogen functional groups attached to an aromatic ring is 1. The van der Waals surface area contributed by atoms with E-state index in [-0.39, 0.29) is 17.8 Å². The van der Waals surface area contributed by atoms with Crippen LogP contribution in [0.5, 0.6) is 5.75 Å². The molecule has 2 aliphatic rings. The molecule has 2 atom stereocenters. The Morgan fingerprint density at radius 3 is 2.48 bits per heavy atom. The van der Waals surface area contributed by atoms with Crippen LogP contribution in [0, 0.1) is 0 Å². The van der Waals surface area contributed by atoms with Gasteiger partial charge in [-0.15, -0.1) is 0 Å². The SMILES string of the molecule is CC(C)(C)OC(N)=O.Nc1cccc2c1C(=O)C1c3ccc(Br)cc3OC21. The number of hydrogen-bond donors (Lipinski definition) is 2. The van der Waals surface area contributed by atoms with Gasteiger partial charge in [-0.3, -0.25) is 4.79 Å². The second-order valence-electron chi connectivity index (χ2n) is 7.41. The molecule has 142 valence electrons. The predicted molar refractivity (Wildman–Crippen MR) is 106 cm³/mol. The molecule has 0 aromatic heterocycles. The van der Waals surface area contributed by atoms with Crippen LogP contribution in [0.1, 0.15) is 54.3 Å². The summed E-state index contributed by atoms with van der Waals surface area (Å²) in [6.07, 6.45) is -0.951. The summed E-state index contributed by atoms with van der Waals surface area (Å²) in [6, 6.07) is 11.3. The number of rotatable bonds is 0. The Morgan fingerprint density at radius 2 is 1.89 bits per heavy atom. The molecular formula is C20H21BrN2O4. The van der Waals surface area contributed by atoms with Crippen molar-refractivity contribution in [2.75, 3.05) is 5.73 Å². The number of carbonyl (C=O) groups excluding carboxylic acids is 2. The van der Waals surface area contributed by atoms with Gasteiger partial charge in [0.1, 0.15) is 17.5 Å². The van der Waals surface area contributed by atoms with E-state index in [1.165, 1.54) is 0 Å². The van der Waals surface area contributed by atoms with Gasteiger partial charge in [0.05, 0.1) is 5.92 Å². The van der Waals surface area contributed by atoms with Gasteiger partial charge in [-0.25, -0.2) is 4.79 Å². The maximum Gasteiger partial charge on any atom is 0.405 e. The minimum Gasteiger partial charge on any atom is -0.484 e. The summed E-state index contributed by atoms with van der Waals surface area (Å²) in [6.45, 7) is 5.28. The Labute approximate surface area is 165 Å². The topological polar surface area (TPSA) is 105 Å². The summed E-state index contributed by atoms with van der Waals surface area (Å²) in [4.78, 5) is 22.6. The molecule has 1 aliphatic heterocycles. The maximum atomic E-state index is 12.6. The highest BCUT2D eigenvalue weighted by atomic mass is 79.9. The Morgan fingerprint density at radius 1 is 1.19 bits per heavy atom. The number of anilines is 1. The van der Waals surface area contributed by atoms with Crippen LogP contribution in [0.15, 0.2) is 40.9 Å². The van der Waals surface area contributed by atoms with Crippen molar-refractivity contribution in [2.45, 2.75) is 38.4 Å². The largest absolute Gasteiger partial charge is 0.484 e. The van der Waals surface area contributed by atoms with Gasteiger partial charge in [0.15, 0.2) is 5.78 Å². The fourth-order valence-electron chi connectivity index (χ4n) is 3.32. The van der Waals surface area contributed by atoms with E-state index in [4.69, 9.17) is 16.2 Å². The molecule has 0 saturated heterocycles. The Balaban J connectivity index is 0.000000226. The van der Waals surface area contributed by atoms with Gasteiger partial charge in [-0.05, 0) is 39.0 Å². The number of benzene rings is 2. The van der Waals surface area contributed by atoms with Gasteiger partial charge < -0.3 is 20.9 Å². The molecule has 2 aromatic rings. The molecule has 0 saturated carbocycles. The molecule has 1 heterocycles. The quantitative estimate of drug-likeness (QED) is 0.602. The van der Waals surface area contributed by atoms with E-state index in [0.29, 0.717) is 11.3 Å². The van der Waals surface area contributed by atoms with E-state index in [9.17, 15) is 9.59 Å². The first kappa shape index (κ1) is 19.2. The first-order valence-corrected chi connectivity index (χ1v) is 9.25. The zero-order chi connectivity index (χ0) is 19.9. The average molecular weight is 433 g/mol. The molecule has 1 amide bonds. The Hall–Kier alpha value is -2.54. The molecule has 6 nitrogen and oxygen atoms in total. The summed E-state index contributed by atoms with van der Waals surface area (Å²) in [5.41, 5.74) is 13.2. The zero-order valence-electron chi connectivity index (χ0n) is 15.3. The normalized spacial score (nSPS) is 19.2. The summed E-state index contributed by atoms with van der Waals surface area (Å²) in [7, 11) is 0. The Kier molecular flexibility index (Phi) is 4.90. The predicted octanol–water partition coefficient (Wildman–Crippen LogP) is 4.33. The van der Waals surface area contributed by atoms with Crippen molar-refractivity contribution in [3.8, 4) is 5.75 Å². The molecule has 0 radical (unpaired) electrons. The van der Waals surface area contributed by atoms with E-state index in [2.05, 4.69) is 20.7 Å². The molecule has 0 bridgehead atoms. The molecule has 2 aromatic carbocycles. The molecule has 0 fully saturated rings. The monoisotopic (exact) mass is 432 g/mol. The minimum absolute atomic E-state index is 0.0687. The van der Waals surface area contributed by atoms with E-state index in [0.717, 1.165) is 21.3 Å². The molecule has 0 spiro atoms. The van der Waals surface area contributed by atoms with E-state index < -0.39 is 11.7 Å². The standard InChI is InChI=1S/C15H10BrNO2.C5H11NO2/c16-7-4-5-8-11(6-7)19-15-9-2-1-3-10(17)12(9)14(18)13(8)15;1-5(2,3)8-4(6)7/h1-6,13,15H,17H2;1-3H3,(H2,6,7). The van der Waals surface area contributed by atoms with Crippen LogP contribution in [0.25, 0.3) is 0 Å². The molecule has 27 heavy (non-hydrogen) atoms. The van der Waals surface area contributed by atoms with Crippen LogP contribution in [0.3, 0.4) is 0 Å². The van der Waals surface area contributed by atoms with Crippen molar-refractivity contribution in [3.05, 3.63) is 57.6 Å². The van der Waals surface area contributed by atoms with Crippen LogP contribution in [-0.4, -0.2) is 17.5 Å². The third kappa shape index (κ3) is 3.78. The van der Waals surface area contributed by atoms with Gasteiger partial charge in [0, 0.05) is 26.9 Å². The lowest BCUT2D eigenvalue weighted by Gasteiger charge is -2.16. The lowest BCUT2D eigenvalue weighted by Crippen LogP contribution is -2.27. The smallest absolute Gasteiger partial charge is 0.405 e. The Bertz CT molecular complexity index is 921. The maximum absolute atomic E-state index is 12.6. The molecule has 4 N–H and O–H groups in total. The summed E-state index contributed by atoms with van der Waals surface area (Å²) in [5.74, 6) is 0.604. The minimum atomic E-state index is -0.725. The molecule has 2 unspecified atom stereocenters. The number of ketones is 1. The van der Waals surface area contributed by atoms with Gasteiger partial charge in [-0.2, -0.15) is 0 Å². The van der Waals surface area contributed by atoms with E-state index >= 15 is 0 Å². The van der Waals surface area contributed by atoms with E-state index in [1.807, 2.05) is 30.3 Å². The fourth-order valence-corrected chi connectivity index (χ4v) is 3.66. The lowest BCUT2D eigenvalue weighted by molar-refractivity contribution is 0.0599. The first-order chi connectivity index (χ1) is 12.6. The van der Waals surface area contributed by atoms with Crippen LogP contribution >= 0.6 is 15.9 Å². The highest BCUT2D eigenvalue weighted by molar-refractivity contribution is 9.10. The second-order valence-corrected chi connectivity index (χ2v) is 8.32. The second kappa shape index (κ2) is 6.88. The van der Waals surface area contributed by atoms with Crippen molar-refractivity contribution in [1.29, 1.82) is 0 Å². The fraction of sp³-hybridized carbons (Fsp3) is 0.300. The number of ether oxygens (including phenoxy) is 2. The summed E-state index contributed by atoms with van der Waals surface area (Å²) >= 11 is 3.42. The third-order valence-electron chi connectivity index (χ3n) is 4.24. The number of primary amides is 1. The number of nitrogens with two attached hydrogens (primary N) is 2. The number of fused-ring (bicyclic) bond motifs is 5. The number of carbonyl (C=O) groups is 2. The summed E-state index contributed by atoms with van der Waals surface area (Å²) < 4.78 is 11.5. The summed E-state index contributed by atoms with van der Waals surface area (Å²) in [5, 5.41) is 0. The van der Waals surface area contributed by atoms with Crippen LogP contribution in [0.2, 0.25) is 0 Å². The van der Waals surface area contributed by atoms with Crippen molar-refractivity contribution >= 4 is 33.5 Å². The van der Waals surface area contributed by atoms with Crippen molar-refractivity contribution in [1.82, 2.24) is 0 Å². The number of halogens is 1. The highest BCUT2D eigenvalue weighted by Gasteiger charge is 2.48. The highest BCUT2D eigenvalue weighted by Crippen LogP contribution is 2.54. The first-order valence-electron chi connectivity index (χ1n) is 8.45. The van der Waals surface area contributed by atoms with E-state index in [1.54, 1.807) is 26.8 Å². The van der Waals surface area contributed by atoms with Gasteiger partial charge in [-0.1, -0.05) is 34.1 Å². The van der Waals surface area contributed by atoms with Crippen LogP contribution < -0.4 is 16.2 Å². The van der Waals surface area contributed by atoms with Gasteiger partial charge in [0.25, 0.3) is 0 Å². The van der Waals surface area contributed by atoms with Gasteiger partial charge in [0.2, 0.25) is 0 Å². The lowest BCUT2D eigenvalue weighted by atomic mass is 9.95. The molecule has 7 heteroatoms. The molecule has 1 aliphatic carbocycles.